The lowest BCUT2D eigenvalue weighted by Gasteiger charge is -2.09. The Morgan fingerprint density at radius 3 is 2.85 bits per heavy atom. The number of nitriles is 1. The fourth-order valence-electron chi connectivity index (χ4n) is 1.92. The van der Waals surface area contributed by atoms with Crippen LogP contribution in [-0.2, 0) is 5.75 Å². The number of H-pyrrole nitrogens is 1. The van der Waals surface area contributed by atoms with Gasteiger partial charge in [0.25, 0.3) is 0 Å². The van der Waals surface area contributed by atoms with E-state index in [1.165, 1.54) is 11.8 Å². The van der Waals surface area contributed by atoms with Crippen LogP contribution in [0, 0.1) is 18.3 Å². The molecule has 0 aliphatic rings. The number of hydrogen-bond acceptors (Lipinski definition) is 4. The molecule has 2 aromatic rings. The SMILES string of the molecule is Cc1cc(C#N)ccc1CSc1n[nH]c(=O)n1C(C)C. The molecule has 0 spiro atoms. The molecule has 0 amide bonds. The smallest absolute Gasteiger partial charge is 0.268 e. The van der Waals surface area contributed by atoms with E-state index < -0.39 is 0 Å². The van der Waals surface area contributed by atoms with Gasteiger partial charge in [-0.15, -0.1) is 5.10 Å². The van der Waals surface area contributed by atoms with E-state index in [-0.39, 0.29) is 11.7 Å². The molecule has 1 N–H and O–H groups in total. The number of aromatic amines is 1. The maximum atomic E-state index is 11.6. The van der Waals surface area contributed by atoms with E-state index in [9.17, 15) is 4.79 Å². The second-order valence-corrected chi connectivity index (χ2v) is 5.76. The maximum absolute atomic E-state index is 11.6. The second kappa shape index (κ2) is 5.97. The monoisotopic (exact) mass is 288 g/mol. The first-order chi connectivity index (χ1) is 9.52. The predicted molar refractivity (Wildman–Crippen MR) is 78.7 cm³/mol. The van der Waals surface area contributed by atoms with Crippen molar-refractivity contribution in [2.45, 2.75) is 37.7 Å². The number of rotatable bonds is 4. The van der Waals surface area contributed by atoms with E-state index in [4.69, 9.17) is 5.26 Å². The molecule has 1 heterocycles. The summed E-state index contributed by atoms with van der Waals surface area (Å²) in [5, 5.41) is 16.1. The van der Waals surface area contributed by atoms with Gasteiger partial charge in [0, 0.05) is 11.8 Å². The van der Waals surface area contributed by atoms with Crippen LogP contribution in [0.2, 0.25) is 0 Å². The van der Waals surface area contributed by atoms with Crippen molar-refractivity contribution in [3.05, 3.63) is 45.4 Å². The molecule has 0 atom stereocenters. The number of aromatic nitrogens is 3. The molecule has 0 radical (unpaired) electrons. The number of thioether (sulfide) groups is 1. The van der Waals surface area contributed by atoms with Crippen LogP contribution in [0.15, 0.2) is 28.2 Å². The van der Waals surface area contributed by atoms with Crippen molar-refractivity contribution in [1.29, 1.82) is 5.26 Å². The zero-order chi connectivity index (χ0) is 14.7. The van der Waals surface area contributed by atoms with Crippen molar-refractivity contribution >= 4 is 11.8 Å². The Balaban J connectivity index is 2.18. The summed E-state index contributed by atoms with van der Waals surface area (Å²) < 4.78 is 1.64. The van der Waals surface area contributed by atoms with E-state index in [2.05, 4.69) is 16.3 Å². The van der Waals surface area contributed by atoms with Crippen molar-refractivity contribution in [3.8, 4) is 6.07 Å². The first-order valence-corrected chi connectivity index (χ1v) is 7.31. The topological polar surface area (TPSA) is 74.5 Å². The normalized spacial score (nSPS) is 10.8. The van der Waals surface area contributed by atoms with Gasteiger partial charge in [0.05, 0.1) is 11.6 Å². The van der Waals surface area contributed by atoms with E-state index in [0.29, 0.717) is 16.5 Å². The number of hydrogen-bond donors (Lipinski definition) is 1. The lowest BCUT2D eigenvalue weighted by atomic mass is 10.1. The molecule has 1 aromatic heterocycles. The number of nitrogens with one attached hydrogen (secondary N) is 1. The quantitative estimate of drug-likeness (QED) is 0.878. The third kappa shape index (κ3) is 2.94. The van der Waals surface area contributed by atoms with Crippen molar-refractivity contribution in [1.82, 2.24) is 14.8 Å². The number of nitrogens with zero attached hydrogens (tertiary/aromatic N) is 3. The van der Waals surface area contributed by atoms with Crippen LogP contribution in [0.1, 0.15) is 36.6 Å². The fraction of sp³-hybridized carbons (Fsp3) is 0.357. The van der Waals surface area contributed by atoms with Gasteiger partial charge in [-0.05, 0) is 44.0 Å². The van der Waals surface area contributed by atoms with Crippen LogP contribution in [0.4, 0.5) is 0 Å². The highest BCUT2D eigenvalue weighted by Gasteiger charge is 2.12. The van der Waals surface area contributed by atoms with Crippen LogP contribution < -0.4 is 5.69 Å². The third-order valence-electron chi connectivity index (χ3n) is 3.02. The zero-order valence-electron chi connectivity index (χ0n) is 11.7. The Hall–Kier alpha value is -2.00. The van der Waals surface area contributed by atoms with Crippen LogP contribution in [-0.4, -0.2) is 14.8 Å². The van der Waals surface area contributed by atoms with Crippen LogP contribution in [0.5, 0.6) is 0 Å². The van der Waals surface area contributed by atoms with E-state index in [1.54, 1.807) is 4.57 Å². The molecule has 0 saturated carbocycles. The van der Waals surface area contributed by atoms with Crippen molar-refractivity contribution in [2.24, 2.45) is 0 Å². The van der Waals surface area contributed by atoms with Gasteiger partial charge in [0.1, 0.15) is 0 Å². The molecular weight excluding hydrogens is 272 g/mol. The number of benzene rings is 1. The lowest BCUT2D eigenvalue weighted by Crippen LogP contribution is -2.19. The van der Waals surface area contributed by atoms with Gasteiger partial charge in [-0.25, -0.2) is 9.89 Å². The molecule has 104 valence electrons. The van der Waals surface area contributed by atoms with Gasteiger partial charge >= 0.3 is 5.69 Å². The van der Waals surface area contributed by atoms with Crippen LogP contribution >= 0.6 is 11.8 Å². The summed E-state index contributed by atoms with van der Waals surface area (Å²) in [6.45, 7) is 5.89. The molecule has 0 fully saturated rings. The predicted octanol–water partition coefficient (Wildman–Crippen LogP) is 2.62. The highest BCUT2D eigenvalue weighted by molar-refractivity contribution is 7.98. The van der Waals surface area contributed by atoms with Crippen molar-refractivity contribution in [2.75, 3.05) is 0 Å². The Morgan fingerprint density at radius 1 is 1.50 bits per heavy atom. The average molecular weight is 288 g/mol. The zero-order valence-corrected chi connectivity index (χ0v) is 12.5. The van der Waals surface area contributed by atoms with Gasteiger partial charge in [-0.2, -0.15) is 5.26 Å². The molecule has 0 unspecified atom stereocenters. The largest absolute Gasteiger partial charge is 0.344 e. The van der Waals surface area contributed by atoms with Gasteiger partial charge in [0.2, 0.25) is 0 Å². The maximum Gasteiger partial charge on any atom is 0.344 e. The summed E-state index contributed by atoms with van der Waals surface area (Å²) in [4.78, 5) is 11.6. The molecule has 0 aliphatic heterocycles. The summed E-state index contributed by atoms with van der Waals surface area (Å²) in [5.41, 5.74) is 2.69. The van der Waals surface area contributed by atoms with Crippen LogP contribution in [0.3, 0.4) is 0 Å². The Labute approximate surface area is 121 Å². The third-order valence-corrected chi connectivity index (χ3v) is 4.02. The standard InChI is InChI=1S/C14H16N4OS/c1-9(2)18-13(19)16-17-14(18)20-8-12-5-4-11(7-15)6-10(12)3/h4-6,9H,8H2,1-3H3,(H,16,19). The Kier molecular flexibility index (Phi) is 4.30. The molecular formula is C14H16N4OS. The first-order valence-electron chi connectivity index (χ1n) is 6.32. The molecule has 0 saturated heterocycles. The minimum Gasteiger partial charge on any atom is -0.268 e. The molecule has 20 heavy (non-hydrogen) atoms. The molecule has 0 aliphatic carbocycles. The Morgan fingerprint density at radius 2 is 2.25 bits per heavy atom. The van der Waals surface area contributed by atoms with E-state index >= 15 is 0 Å². The summed E-state index contributed by atoms with van der Waals surface area (Å²) in [6.07, 6.45) is 0. The van der Waals surface area contributed by atoms with E-state index in [0.717, 1.165) is 11.1 Å². The van der Waals surface area contributed by atoms with Gasteiger partial charge < -0.3 is 0 Å². The average Bonchev–Trinajstić information content (AvgIpc) is 2.78. The molecule has 2 rings (SSSR count). The van der Waals surface area contributed by atoms with Crippen molar-refractivity contribution < 1.29 is 0 Å². The summed E-state index contributed by atoms with van der Waals surface area (Å²) >= 11 is 1.51. The summed E-state index contributed by atoms with van der Waals surface area (Å²) in [7, 11) is 0. The summed E-state index contributed by atoms with van der Waals surface area (Å²) in [5.74, 6) is 0.717. The van der Waals surface area contributed by atoms with Crippen LogP contribution in [0.25, 0.3) is 0 Å². The minimum atomic E-state index is -0.181. The minimum absolute atomic E-state index is 0.0748. The number of aryl methyl sites for hydroxylation is 1. The highest BCUT2D eigenvalue weighted by Crippen LogP contribution is 2.23. The van der Waals surface area contributed by atoms with Gasteiger partial charge in [-0.1, -0.05) is 17.8 Å². The highest BCUT2D eigenvalue weighted by atomic mass is 32.2. The Bertz CT molecular complexity index is 709. The van der Waals surface area contributed by atoms with E-state index in [1.807, 2.05) is 39.0 Å². The molecule has 6 heteroatoms. The van der Waals surface area contributed by atoms with Gasteiger partial charge in [0.15, 0.2) is 5.16 Å². The molecule has 0 bridgehead atoms. The molecule has 5 nitrogen and oxygen atoms in total. The lowest BCUT2D eigenvalue weighted by molar-refractivity contribution is 0.534. The first kappa shape index (κ1) is 14.4. The second-order valence-electron chi connectivity index (χ2n) is 4.82. The molecule has 1 aromatic carbocycles. The summed E-state index contributed by atoms with van der Waals surface area (Å²) in [6, 6.07) is 7.83. The fourth-order valence-corrected chi connectivity index (χ4v) is 3.07. The van der Waals surface area contributed by atoms with Gasteiger partial charge in [-0.3, -0.25) is 4.57 Å². The van der Waals surface area contributed by atoms with Crippen molar-refractivity contribution in [3.63, 3.8) is 0 Å².